The van der Waals surface area contributed by atoms with E-state index in [-0.39, 0.29) is 18.3 Å². The number of hydrogen-bond acceptors (Lipinski definition) is 6. The number of halogens is 1. The first-order valence-corrected chi connectivity index (χ1v) is 9.78. The number of nitrogens with zero attached hydrogens (tertiary/aromatic N) is 4. The quantitative estimate of drug-likeness (QED) is 0.469. The Bertz CT molecular complexity index is 1220. The maximum Gasteiger partial charge on any atom is 0.262 e. The van der Waals surface area contributed by atoms with E-state index in [1.54, 1.807) is 35.0 Å². The Balaban J connectivity index is 1.34. The molecule has 4 rings (SSSR count). The smallest absolute Gasteiger partial charge is 0.262 e. The van der Waals surface area contributed by atoms with E-state index in [1.807, 2.05) is 19.9 Å². The van der Waals surface area contributed by atoms with Crippen LogP contribution < -0.4 is 14.8 Å². The number of aromatic nitrogens is 4. The molecule has 0 spiro atoms. The summed E-state index contributed by atoms with van der Waals surface area (Å²) < 4.78 is 25.8. The van der Waals surface area contributed by atoms with Gasteiger partial charge in [0, 0.05) is 17.4 Å². The Morgan fingerprint density at radius 2 is 1.72 bits per heavy atom. The Morgan fingerprint density at radius 1 is 1.00 bits per heavy atom. The van der Waals surface area contributed by atoms with Crippen LogP contribution in [0.4, 0.5) is 10.1 Å². The van der Waals surface area contributed by atoms with Crippen molar-refractivity contribution in [2.45, 2.75) is 13.8 Å². The second-order valence-electron chi connectivity index (χ2n) is 6.97. The molecule has 0 fully saturated rings. The number of nitrogens with one attached hydrogen (secondary N) is 1. The van der Waals surface area contributed by atoms with E-state index in [0.29, 0.717) is 28.9 Å². The fourth-order valence-electron chi connectivity index (χ4n) is 2.97. The van der Waals surface area contributed by atoms with Gasteiger partial charge in [-0.05, 0) is 68.4 Å². The molecule has 2 aromatic heterocycles. The molecule has 4 aromatic rings. The van der Waals surface area contributed by atoms with Crippen LogP contribution in [0, 0.1) is 19.7 Å². The predicted molar refractivity (Wildman–Crippen MR) is 116 cm³/mol. The number of carbonyl (C=O) groups excluding carboxylic acids is 1. The molecule has 0 saturated carbocycles. The zero-order chi connectivity index (χ0) is 22.5. The highest BCUT2D eigenvalue weighted by Crippen LogP contribution is 2.23. The van der Waals surface area contributed by atoms with Crippen LogP contribution in [0.2, 0.25) is 0 Å². The van der Waals surface area contributed by atoms with Gasteiger partial charge in [0.05, 0.1) is 5.69 Å². The van der Waals surface area contributed by atoms with Gasteiger partial charge in [0.15, 0.2) is 12.4 Å². The summed E-state index contributed by atoms with van der Waals surface area (Å²) in [6.45, 7) is 3.66. The van der Waals surface area contributed by atoms with Gasteiger partial charge in [-0.2, -0.15) is 5.10 Å². The molecule has 32 heavy (non-hydrogen) atoms. The molecule has 0 aliphatic rings. The van der Waals surface area contributed by atoms with Crippen LogP contribution in [-0.4, -0.2) is 32.3 Å². The standard InChI is InChI=1S/C23H20FN5O3/c1-15-11-16(2)29(28-15)21-12-23(26-14-25-21)32-20-9-5-18(6-10-20)27-22(30)13-31-19-7-3-17(24)4-8-19/h3-12,14H,13H2,1-2H3,(H,27,30). The molecule has 0 radical (unpaired) electrons. The van der Waals surface area contributed by atoms with Gasteiger partial charge in [0.25, 0.3) is 5.91 Å². The Kier molecular flexibility index (Phi) is 6.07. The third-order valence-electron chi connectivity index (χ3n) is 4.40. The average molecular weight is 433 g/mol. The van der Waals surface area contributed by atoms with Crippen molar-refractivity contribution >= 4 is 11.6 Å². The summed E-state index contributed by atoms with van der Waals surface area (Å²) in [6.07, 6.45) is 1.41. The molecule has 2 heterocycles. The van der Waals surface area contributed by atoms with Crippen molar-refractivity contribution in [3.8, 4) is 23.2 Å². The van der Waals surface area contributed by atoms with E-state index in [2.05, 4.69) is 20.4 Å². The van der Waals surface area contributed by atoms with Crippen molar-refractivity contribution < 1.29 is 18.7 Å². The lowest BCUT2D eigenvalue weighted by molar-refractivity contribution is -0.118. The summed E-state index contributed by atoms with van der Waals surface area (Å²) in [4.78, 5) is 20.5. The molecule has 0 unspecified atom stereocenters. The SMILES string of the molecule is Cc1cc(C)n(-c2cc(Oc3ccc(NC(=O)COc4ccc(F)cc4)cc3)ncn2)n1. The van der Waals surface area contributed by atoms with Crippen molar-refractivity contribution in [3.63, 3.8) is 0 Å². The number of rotatable bonds is 7. The molecule has 162 valence electrons. The molecule has 0 bridgehead atoms. The lowest BCUT2D eigenvalue weighted by Crippen LogP contribution is -2.20. The van der Waals surface area contributed by atoms with E-state index >= 15 is 0 Å². The van der Waals surface area contributed by atoms with Crippen molar-refractivity contribution in [3.05, 3.63) is 84.2 Å². The van der Waals surface area contributed by atoms with Gasteiger partial charge in [0.1, 0.15) is 23.6 Å². The van der Waals surface area contributed by atoms with Crippen LogP contribution in [0.1, 0.15) is 11.4 Å². The maximum absolute atomic E-state index is 12.9. The highest BCUT2D eigenvalue weighted by Gasteiger charge is 2.09. The fraction of sp³-hybridized carbons (Fsp3) is 0.130. The Morgan fingerprint density at radius 3 is 2.41 bits per heavy atom. The van der Waals surface area contributed by atoms with Crippen LogP contribution in [0.25, 0.3) is 5.82 Å². The van der Waals surface area contributed by atoms with Crippen LogP contribution in [0.15, 0.2) is 67.0 Å². The highest BCUT2D eigenvalue weighted by atomic mass is 19.1. The number of amides is 1. The second-order valence-corrected chi connectivity index (χ2v) is 6.97. The molecule has 1 N–H and O–H groups in total. The van der Waals surface area contributed by atoms with Gasteiger partial charge < -0.3 is 14.8 Å². The molecule has 0 atom stereocenters. The normalized spacial score (nSPS) is 10.6. The summed E-state index contributed by atoms with van der Waals surface area (Å²) in [6, 6.07) is 15.9. The van der Waals surface area contributed by atoms with E-state index < -0.39 is 0 Å². The number of ether oxygens (including phenoxy) is 2. The molecule has 8 nitrogen and oxygen atoms in total. The average Bonchev–Trinajstić information content (AvgIpc) is 3.13. The lowest BCUT2D eigenvalue weighted by Gasteiger charge is -2.09. The fourth-order valence-corrected chi connectivity index (χ4v) is 2.97. The summed E-state index contributed by atoms with van der Waals surface area (Å²) in [5, 5.41) is 7.13. The third kappa shape index (κ3) is 5.25. The largest absolute Gasteiger partial charge is 0.484 e. The van der Waals surface area contributed by atoms with Crippen molar-refractivity contribution in [2.75, 3.05) is 11.9 Å². The summed E-state index contributed by atoms with van der Waals surface area (Å²) in [7, 11) is 0. The topological polar surface area (TPSA) is 91.2 Å². The zero-order valence-corrected chi connectivity index (χ0v) is 17.4. The highest BCUT2D eigenvalue weighted by molar-refractivity contribution is 5.91. The molecule has 0 aliphatic carbocycles. The van der Waals surface area contributed by atoms with Gasteiger partial charge in [-0.3, -0.25) is 4.79 Å². The number of carbonyl (C=O) groups is 1. The molecular weight excluding hydrogens is 413 g/mol. The minimum absolute atomic E-state index is 0.195. The number of benzene rings is 2. The maximum atomic E-state index is 12.9. The van der Waals surface area contributed by atoms with Gasteiger partial charge >= 0.3 is 0 Å². The van der Waals surface area contributed by atoms with Crippen LogP contribution in [-0.2, 0) is 4.79 Å². The van der Waals surface area contributed by atoms with Gasteiger partial charge in [-0.1, -0.05) is 0 Å². The van der Waals surface area contributed by atoms with Gasteiger partial charge in [0.2, 0.25) is 5.88 Å². The Hall–Kier alpha value is -4.27. The summed E-state index contributed by atoms with van der Waals surface area (Å²) in [5.41, 5.74) is 2.43. The first kappa shape index (κ1) is 21.0. The first-order chi connectivity index (χ1) is 15.5. The van der Waals surface area contributed by atoms with Crippen molar-refractivity contribution in [1.29, 1.82) is 0 Å². The van der Waals surface area contributed by atoms with Gasteiger partial charge in [-0.15, -0.1) is 0 Å². The van der Waals surface area contributed by atoms with Gasteiger partial charge in [-0.25, -0.2) is 19.0 Å². The molecule has 2 aromatic carbocycles. The van der Waals surface area contributed by atoms with Crippen LogP contribution in [0.5, 0.6) is 17.4 Å². The molecular formula is C23H20FN5O3. The summed E-state index contributed by atoms with van der Waals surface area (Å²) in [5.74, 6) is 1.22. The Labute approximate surface area is 183 Å². The van der Waals surface area contributed by atoms with Crippen molar-refractivity contribution in [2.24, 2.45) is 0 Å². The second kappa shape index (κ2) is 9.25. The molecule has 9 heteroatoms. The zero-order valence-electron chi connectivity index (χ0n) is 17.4. The van der Waals surface area contributed by atoms with E-state index in [1.165, 1.54) is 30.6 Å². The van der Waals surface area contributed by atoms with E-state index in [9.17, 15) is 9.18 Å². The van der Waals surface area contributed by atoms with E-state index in [0.717, 1.165) is 11.4 Å². The molecule has 0 saturated heterocycles. The monoisotopic (exact) mass is 433 g/mol. The van der Waals surface area contributed by atoms with Crippen LogP contribution in [0.3, 0.4) is 0 Å². The number of anilines is 1. The minimum atomic E-state index is -0.367. The van der Waals surface area contributed by atoms with Crippen LogP contribution >= 0.6 is 0 Å². The minimum Gasteiger partial charge on any atom is -0.484 e. The number of hydrogen-bond donors (Lipinski definition) is 1. The lowest BCUT2D eigenvalue weighted by atomic mass is 10.3. The first-order valence-electron chi connectivity index (χ1n) is 9.78. The molecule has 1 amide bonds. The predicted octanol–water partition coefficient (Wildman–Crippen LogP) is 4.23. The summed E-state index contributed by atoms with van der Waals surface area (Å²) >= 11 is 0. The third-order valence-corrected chi connectivity index (χ3v) is 4.40. The van der Waals surface area contributed by atoms with E-state index in [4.69, 9.17) is 9.47 Å². The van der Waals surface area contributed by atoms with Crippen molar-refractivity contribution in [1.82, 2.24) is 19.7 Å². The number of aryl methyl sites for hydroxylation is 2. The molecule has 0 aliphatic heterocycles.